The zero-order chi connectivity index (χ0) is 16.1. The van der Waals surface area contributed by atoms with E-state index in [9.17, 15) is 10.1 Å². The monoisotopic (exact) mass is 330 g/mol. The molecule has 0 radical (unpaired) electrons. The fraction of sp³-hybridized carbons (Fsp3) is 0.500. The largest absolute Gasteiger partial charge is 0.339 e. The summed E-state index contributed by atoms with van der Waals surface area (Å²) < 4.78 is 5.18. The van der Waals surface area contributed by atoms with Crippen molar-refractivity contribution in [3.8, 4) is 16.8 Å². The third-order valence-electron chi connectivity index (χ3n) is 4.08. The maximum atomic E-state index is 12.1. The summed E-state index contributed by atoms with van der Waals surface area (Å²) in [6.45, 7) is 0. The molecule has 0 aliphatic heterocycles. The van der Waals surface area contributed by atoms with Gasteiger partial charge in [0.1, 0.15) is 5.54 Å². The predicted molar refractivity (Wildman–Crippen MR) is 85.5 cm³/mol. The van der Waals surface area contributed by atoms with E-state index in [4.69, 9.17) is 4.52 Å². The van der Waals surface area contributed by atoms with Gasteiger partial charge in [0.25, 0.3) is 0 Å². The van der Waals surface area contributed by atoms with E-state index in [1.807, 2.05) is 17.5 Å². The summed E-state index contributed by atoms with van der Waals surface area (Å²) in [6.07, 6.45) is 5.20. The number of thiophene rings is 1. The van der Waals surface area contributed by atoms with E-state index in [2.05, 4.69) is 21.5 Å². The molecule has 1 fully saturated rings. The normalized spacial score (nSPS) is 16.7. The number of carbonyl (C=O) groups is 1. The second-order valence-electron chi connectivity index (χ2n) is 5.79. The molecule has 23 heavy (non-hydrogen) atoms. The molecule has 1 saturated carbocycles. The van der Waals surface area contributed by atoms with Gasteiger partial charge in [-0.3, -0.25) is 4.79 Å². The van der Waals surface area contributed by atoms with Crippen LogP contribution < -0.4 is 5.32 Å². The van der Waals surface area contributed by atoms with Crippen molar-refractivity contribution < 1.29 is 9.32 Å². The van der Waals surface area contributed by atoms with Crippen molar-refractivity contribution in [1.29, 1.82) is 5.26 Å². The molecule has 1 aliphatic carbocycles. The van der Waals surface area contributed by atoms with Crippen LogP contribution in [0.25, 0.3) is 10.7 Å². The number of hydrogen-bond donors (Lipinski definition) is 1. The first kappa shape index (κ1) is 15.7. The molecule has 2 heterocycles. The molecule has 1 amide bonds. The first-order valence-corrected chi connectivity index (χ1v) is 8.67. The third-order valence-corrected chi connectivity index (χ3v) is 4.94. The van der Waals surface area contributed by atoms with Crippen LogP contribution >= 0.6 is 11.3 Å². The lowest BCUT2D eigenvalue weighted by Gasteiger charge is -2.31. The fourth-order valence-electron chi connectivity index (χ4n) is 2.83. The van der Waals surface area contributed by atoms with E-state index in [0.717, 1.165) is 37.0 Å². The number of nitrogens with zero attached hydrogens (tertiary/aromatic N) is 3. The van der Waals surface area contributed by atoms with E-state index in [1.54, 1.807) is 0 Å². The minimum Gasteiger partial charge on any atom is -0.339 e. The Morgan fingerprint density at radius 1 is 1.43 bits per heavy atom. The number of hydrogen-bond acceptors (Lipinski definition) is 6. The third kappa shape index (κ3) is 3.77. The zero-order valence-electron chi connectivity index (χ0n) is 12.7. The van der Waals surface area contributed by atoms with Crippen LogP contribution in [0.4, 0.5) is 0 Å². The van der Waals surface area contributed by atoms with Crippen molar-refractivity contribution in [3.63, 3.8) is 0 Å². The Morgan fingerprint density at radius 3 is 2.96 bits per heavy atom. The maximum Gasteiger partial charge on any atom is 0.227 e. The number of rotatable bonds is 5. The van der Waals surface area contributed by atoms with Gasteiger partial charge < -0.3 is 9.84 Å². The Morgan fingerprint density at radius 2 is 2.26 bits per heavy atom. The van der Waals surface area contributed by atoms with Gasteiger partial charge in [-0.25, -0.2) is 0 Å². The van der Waals surface area contributed by atoms with Crippen molar-refractivity contribution >= 4 is 17.2 Å². The Labute approximate surface area is 138 Å². The number of nitriles is 1. The highest BCUT2D eigenvalue weighted by Gasteiger charge is 2.33. The number of carbonyl (C=O) groups excluding carboxylic acids is 1. The van der Waals surface area contributed by atoms with Crippen LogP contribution in [0.2, 0.25) is 0 Å². The molecule has 0 spiro atoms. The number of nitrogens with one attached hydrogen (secondary N) is 1. The van der Waals surface area contributed by atoms with Gasteiger partial charge in [-0.1, -0.05) is 30.5 Å². The first-order chi connectivity index (χ1) is 11.2. The van der Waals surface area contributed by atoms with Gasteiger partial charge in [0.05, 0.1) is 10.9 Å². The molecule has 0 unspecified atom stereocenters. The summed E-state index contributed by atoms with van der Waals surface area (Å²) in [4.78, 5) is 17.4. The average Bonchev–Trinajstić information content (AvgIpc) is 3.25. The average molecular weight is 330 g/mol. The van der Waals surface area contributed by atoms with E-state index in [1.165, 1.54) is 11.3 Å². The summed E-state index contributed by atoms with van der Waals surface area (Å²) in [6, 6.07) is 6.14. The zero-order valence-corrected chi connectivity index (χ0v) is 13.6. The SMILES string of the molecule is N#CC1(NC(=O)CCc2nc(-c3cccs3)no2)CCCCC1. The summed E-state index contributed by atoms with van der Waals surface area (Å²) in [7, 11) is 0. The summed E-state index contributed by atoms with van der Waals surface area (Å²) in [5.41, 5.74) is -0.688. The maximum absolute atomic E-state index is 12.1. The number of aromatic nitrogens is 2. The van der Waals surface area contributed by atoms with Crippen LogP contribution in [0.3, 0.4) is 0 Å². The molecule has 120 valence electrons. The van der Waals surface area contributed by atoms with Gasteiger partial charge >= 0.3 is 0 Å². The van der Waals surface area contributed by atoms with Crippen LogP contribution in [-0.2, 0) is 11.2 Å². The molecule has 2 aromatic heterocycles. The Hall–Kier alpha value is -2.20. The lowest BCUT2D eigenvalue weighted by atomic mass is 9.83. The second kappa shape index (κ2) is 6.92. The Balaban J connectivity index is 1.54. The topological polar surface area (TPSA) is 91.8 Å². The molecule has 1 N–H and O–H groups in total. The molecule has 0 atom stereocenters. The molecule has 3 rings (SSSR count). The van der Waals surface area contributed by atoms with Crippen LogP contribution in [0.15, 0.2) is 22.0 Å². The molecular formula is C16H18N4O2S. The highest BCUT2D eigenvalue weighted by Crippen LogP contribution is 2.27. The van der Waals surface area contributed by atoms with Gasteiger partial charge in [-0.05, 0) is 24.3 Å². The Kier molecular flexibility index (Phi) is 4.72. The van der Waals surface area contributed by atoms with Crippen LogP contribution in [0, 0.1) is 11.3 Å². The quantitative estimate of drug-likeness (QED) is 0.909. The lowest BCUT2D eigenvalue weighted by Crippen LogP contribution is -2.48. The molecule has 2 aromatic rings. The highest BCUT2D eigenvalue weighted by molar-refractivity contribution is 7.13. The smallest absolute Gasteiger partial charge is 0.227 e. The first-order valence-electron chi connectivity index (χ1n) is 7.79. The molecule has 1 aliphatic rings. The summed E-state index contributed by atoms with van der Waals surface area (Å²) in [5, 5.41) is 18.2. The summed E-state index contributed by atoms with van der Waals surface area (Å²) >= 11 is 1.54. The van der Waals surface area contributed by atoms with Gasteiger partial charge in [-0.15, -0.1) is 11.3 Å². The van der Waals surface area contributed by atoms with E-state index in [-0.39, 0.29) is 12.3 Å². The molecule has 0 aromatic carbocycles. The van der Waals surface area contributed by atoms with Crippen molar-refractivity contribution in [2.75, 3.05) is 0 Å². The fourth-order valence-corrected chi connectivity index (χ4v) is 3.48. The molecule has 0 saturated heterocycles. The van der Waals surface area contributed by atoms with Gasteiger partial charge in [0.15, 0.2) is 0 Å². The van der Waals surface area contributed by atoms with Crippen LogP contribution in [0.5, 0.6) is 0 Å². The lowest BCUT2D eigenvalue weighted by molar-refractivity contribution is -0.122. The van der Waals surface area contributed by atoms with Crippen molar-refractivity contribution in [2.24, 2.45) is 0 Å². The van der Waals surface area contributed by atoms with Crippen LogP contribution in [-0.4, -0.2) is 21.6 Å². The number of amides is 1. The van der Waals surface area contributed by atoms with E-state index in [0.29, 0.717) is 18.1 Å². The second-order valence-corrected chi connectivity index (χ2v) is 6.74. The summed E-state index contributed by atoms with van der Waals surface area (Å²) in [5.74, 6) is 0.860. The van der Waals surface area contributed by atoms with Gasteiger partial charge in [0.2, 0.25) is 17.6 Å². The molecule has 7 heteroatoms. The Bertz CT molecular complexity index is 696. The van der Waals surface area contributed by atoms with E-state index < -0.39 is 5.54 Å². The number of aryl methyl sites for hydroxylation is 1. The van der Waals surface area contributed by atoms with Crippen molar-refractivity contribution in [1.82, 2.24) is 15.5 Å². The minimum atomic E-state index is -0.688. The molecule has 0 bridgehead atoms. The minimum absolute atomic E-state index is 0.135. The standard InChI is InChI=1S/C16H18N4O2S/c17-11-16(8-2-1-3-9-16)19-13(21)6-7-14-18-15(20-22-14)12-5-4-10-23-12/h4-5,10H,1-3,6-9H2,(H,19,21). The van der Waals surface area contributed by atoms with Crippen LogP contribution in [0.1, 0.15) is 44.4 Å². The van der Waals surface area contributed by atoms with Crippen molar-refractivity contribution in [3.05, 3.63) is 23.4 Å². The highest BCUT2D eigenvalue weighted by atomic mass is 32.1. The van der Waals surface area contributed by atoms with Gasteiger partial charge in [0, 0.05) is 12.8 Å². The molecule has 6 nitrogen and oxygen atoms in total. The van der Waals surface area contributed by atoms with Crippen molar-refractivity contribution in [2.45, 2.75) is 50.5 Å². The van der Waals surface area contributed by atoms with Gasteiger partial charge in [-0.2, -0.15) is 10.2 Å². The predicted octanol–water partition coefficient (Wildman–Crippen LogP) is 3.07. The molecular weight excluding hydrogens is 312 g/mol. The van der Waals surface area contributed by atoms with E-state index >= 15 is 0 Å².